The van der Waals surface area contributed by atoms with E-state index in [1.807, 2.05) is 18.2 Å². The van der Waals surface area contributed by atoms with Gasteiger partial charge in [0.05, 0.1) is 5.56 Å². The maximum Gasteiger partial charge on any atom is 0.254 e. The van der Waals surface area contributed by atoms with Crippen LogP contribution < -0.4 is 5.73 Å². The van der Waals surface area contributed by atoms with Crippen LogP contribution in [-0.2, 0) is 6.42 Å². The predicted molar refractivity (Wildman–Crippen MR) is 85.7 cm³/mol. The second kappa shape index (κ2) is 6.57. The standard InChI is InChI=1S/C16H17BrN2O/c1-19(10-9-12-5-3-2-4-6-12)16(20)14-11-13(18)7-8-15(14)17/h2-8,11H,9-10,18H2,1H3. The van der Waals surface area contributed by atoms with E-state index in [1.165, 1.54) is 5.56 Å². The molecule has 2 rings (SSSR count). The van der Waals surface area contributed by atoms with Crippen molar-refractivity contribution in [3.05, 3.63) is 64.1 Å². The van der Waals surface area contributed by atoms with E-state index in [2.05, 4.69) is 28.1 Å². The minimum Gasteiger partial charge on any atom is -0.399 e. The largest absolute Gasteiger partial charge is 0.399 e. The number of hydrogen-bond donors (Lipinski definition) is 1. The molecule has 3 nitrogen and oxygen atoms in total. The summed E-state index contributed by atoms with van der Waals surface area (Å²) in [5.41, 5.74) is 8.15. The highest BCUT2D eigenvalue weighted by molar-refractivity contribution is 9.10. The van der Waals surface area contributed by atoms with Gasteiger partial charge in [-0.15, -0.1) is 0 Å². The zero-order chi connectivity index (χ0) is 14.5. The minimum atomic E-state index is -0.0277. The van der Waals surface area contributed by atoms with E-state index < -0.39 is 0 Å². The summed E-state index contributed by atoms with van der Waals surface area (Å²) in [6.07, 6.45) is 0.836. The third kappa shape index (κ3) is 3.61. The number of rotatable bonds is 4. The Kier molecular flexibility index (Phi) is 4.79. The smallest absolute Gasteiger partial charge is 0.254 e. The van der Waals surface area contributed by atoms with Crippen LogP contribution in [0.4, 0.5) is 5.69 Å². The molecule has 104 valence electrons. The summed E-state index contributed by atoms with van der Waals surface area (Å²) < 4.78 is 0.767. The van der Waals surface area contributed by atoms with Crippen molar-refractivity contribution in [2.45, 2.75) is 6.42 Å². The zero-order valence-corrected chi connectivity index (χ0v) is 12.9. The van der Waals surface area contributed by atoms with Crippen molar-refractivity contribution in [3.8, 4) is 0 Å². The first-order valence-electron chi connectivity index (χ1n) is 6.42. The minimum absolute atomic E-state index is 0.0277. The molecule has 4 heteroatoms. The average Bonchev–Trinajstić information content (AvgIpc) is 2.47. The first-order chi connectivity index (χ1) is 9.58. The van der Waals surface area contributed by atoms with E-state index in [4.69, 9.17) is 5.73 Å². The lowest BCUT2D eigenvalue weighted by Crippen LogP contribution is -2.29. The first-order valence-corrected chi connectivity index (χ1v) is 7.21. The van der Waals surface area contributed by atoms with E-state index in [1.54, 1.807) is 30.1 Å². The molecule has 0 radical (unpaired) electrons. The van der Waals surface area contributed by atoms with E-state index in [0.29, 0.717) is 17.8 Å². The molecule has 0 aliphatic heterocycles. The lowest BCUT2D eigenvalue weighted by Gasteiger charge is -2.18. The summed E-state index contributed by atoms with van der Waals surface area (Å²) in [6.45, 7) is 0.671. The van der Waals surface area contributed by atoms with Gasteiger partial charge in [-0.3, -0.25) is 4.79 Å². The van der Waals surface area contributed by atoms with Gasteiger partial charge in [-0.1, -0.05) is 30.3 Å². The van der Waals surface area contributed by atoms with Crippen molar-refractivity contribution in [2.24, 2.45) is 0 Å². The molecule has 0 aliphatic carbocycles. The molecule has 2 aromatic rings. The Balaban J connectivity index is 2.03. The molecule has 2 N–H and O–H groups in total. The fourth-order valence-electron chi connectivity index (χ4n) is 1.96. The monoisotopic (exact) mass is 332 g/mol. The molecule has 0 unspecified atom stereocenters. The van der Waals surface area contributed by atoms with Gasteiger partial charge in [-0.2, -0.15) is 0 Å². The van der Waals surface area contributed by atoms with Crippen LogP contribution in [0.1, 0.15) is 15.9 Å². The number of nitrogen functional groups attached to an aromatic ring is 1. The van der Waals surface area contributed by atoms with Crippen LogP contribution in [0.5, 0.6) is 0 Å². The van der Waals surface area contributed by atoms with Gasteiger partial charge in [0.1, 0.15) is 0 Å². The number of anilines is 1. The number of nitrogens with zero attached hydrogens (tertiary/aromatic N) is 1. The molecular weight excluding hydrogens is 316 g/mol. The van der Waals surface area contributed by atoms with Gasteiger partial charge in [0.2, 0.25) is 0 Å². The van der Waals surface area contributed by atoms with Gasteiger partial charge in [-0.05, 0) is 46.1 Å². The summed E-state index contributed by atoms with van der Waals surface area (Å²) in [7, 11) is 1.81. The van der Waals surface area contributed by atoms with Gasteiger partial charge in [0, 0.05) is 23.8 Å². The maximum absolute atomic E-state index is 12.4. The predicted octanol–water partition coefficient (Wildman–Crippen LogP) is 3.35. The molecule has 0 saturated carbocycles. The number of carbonyl (C=O) groups excluding carboxylic acids is 1. The van der Waals surface area contributed by atoms with Crippen LogP contribution in [0, 0.1) is 0 Å². The summed E-state index contributed by atoms with van der Waals surface area (Å²) >= 11 is 3.39. The number of amides is 1. The fraction of sp³-hybridized carbons (Fsp3) is 0.188. The first kappa shape index (κ1) is 14.6. The normalized spacial score (nSPS) is 10.3. The molecule has 1 amide bonds. The molecule has 0 heterocycles. The van der Waals surface area contributed by atoms with E-state index >= 15 is 0 Å². The molecule has 0 aliphatic rings. The molecule has 0 saturated heterocycles. The third-order valence-corrected chi connectivity index (χ3v) is 3.84. The average molecular weight is 333 g/mol. The Morgan fingerprint density at radius 2 is 1.90 bits per heavy atom. The van der Waals surface area contributed by atoms with Crippen molar-refractivity contribution < 1.29 is 4.79 Å². The summed E-state index contributed by atoms with van der Waals surface area (Å²) in [5, 5.41) is 0. The quantitative estimate of drug-likeness (QED) is 0.873. The van der Waals surface area contributed by atoms with Gasteiger partial charge < -0.3 is 10.6 Å². The van der Waals surface area contributed by atoms with Crippen LogP contribution in [0.3, 0.4) is 0 Å². The molecule has 0 aromatic heterocycles. The van der Waals surface area contributed by atoms with E-state index in [0.717, 1.165) is 10.9 Å². The Morgan fingerprint density at radius 3 is 2.60 bits per heavy atom. The van der Waals surface area contributed by atoms with Crippen LogP contribution in [-0.4, -0.2) is 24.4 Å². The van der Waals surface area contributed by atoms with Gasteiger partial charge in [0.15, 0.2) is 0 Å². The van der Waals surface area contributed by atoms with Crippen LogP contribution in [0.25, 0.3) is 0 Å². The van der Waals surface area contributed by atoms with E-state index in [9.17, 15) is 4.79 Å². The third-order valence-electron chi connectivity index (χ3n) is 3.15. The van der Waals surface area contributed by atoms with Crippen molar-refractivity contribution in [3.63, 3.8) is 0 Å². The number of likely N-dealkylation sites (N-methyl/N-ethyl adjacent to an activating group) is 1. The Bertz CT molecular complexity index is 599. The molecular formula is C16H17BrN2O. The summed E-state index contributed by atoms with van der Waals surface area (Å²) in [5.74, 6) is -0.0277. The topological polar surface area (TPSA) is 46.3 Å². The summed E-state index contributed by atoms with van der Waals surface area (Å²) in [4.78, 5) is 14.1. The van der Waals surface area contributed by atoms with Gasteiger partial charge in [0.25, 0.3) is 5.91 Å². The lowest BCUT2D eigenvalue weighted by molar-refractivity contribution is 0.0796. The van der Waals surface area contributed by atoms with Crippen molar-refractivity contribution >= 4 is 27.5 Å². The van der Waals surface area contributed by atoms with Crippen LogP contribution >= 0.6 is 15.9 Å². The Labute approximate surface area is 127 Å². The van der Waals surface area contributed by atoms with Crippen molar-refractivity contribution in [1.82, 2.24) is 4.90 Å². The molecule has 0 atom stereocenters. The number of halogens is 1. The second-order valence-electron chi connectivity index (χ2n) is 4.70. The second-order valence-corrected chi connectivity index (χ2v) is 5.56. The number of benzene rings is 2. The van der Waals surface area contributed by atoms with Crippen molar-refractivity contribution in [2.75, 3.05) is 19.3 Å². The highest BCUT2D eigenvalue weighted by Gasteiger charge is 2.15. The highest BCUT2D eigenvalue weighted by atomic mass is 79.9. The summed E-state index contributed by atoms with van der Waals surface area (Å²) in [6, 6.07) is 15.4. The molecule has 0 bridgehead atoms. The van der Waals surface area contributed by atoms with Gasteiger partial charge in [-0.25, -0.2) is 0 Å². The SMILES string of the molecule is CN(CCc1ccccc1)C(=O)c1cc(N)ccc1Br. The van der Waals surface area contributed by atoms with Crippen molar-refractivity contribution in [1.29, 1.82) is 0 Å². The zero-order valence-electron chi connectivity index (χ0n) is 11.3. The molecule has 0 fully saturated rings. The highest BCUT2D eigenvalue weighted by Crippen LogP contribution is 2.21. The number of nitrogens with two attached hydrogens (primary N) is 1. The fourth-order valence-corrected chi connectivity index (χ4v) is 2.37. The van der Waals surface area contributed by atoms with Crippen LogP contribution in [0.2, 0.25) is 0 Å². The Morgan fingerprint density at radius 1 is 1.20 bits per heavy atom. The molecule has 20 heavy (non-hydrogen) atoms. The molecule has 0 spiro atoms. The van der Waals surface area contributed by atoms with Gasteiger partial charge >= 0.3 is 0 Å². The Hall–Kier alpha value is -1.81. The van der Waals surface area contributed by atoms with E-state index in [-0.39, 0.29) is 5.91 Å². The number of hydrogen-bond acceptors (Lipinski definition) is 2. The number of carbonyl (C=O) groups is 1. The molecule has 2 aromatic carbocycles. The van der Waals surface area contributed by atoms with Crippen LogP contribution in [0.15, 0.2) is 53.0 Å². The maximum atomic E-state index is 12.4. The lowest BCUT2D eigenvalue weighted by atomic mass is 10.1.